The molecule has 0 bridgehead atoms. The fraction of sp³-hybridized carbons (Fsp3) is 0.522. The summed E-state index contributed by atoms with van der Waals surface area (Å²) in [5.74, 6) is -0.891. The van der Waals surface area contributed by atoms with Gasteiger partial charge < -0.3 is 20.4 Å². The van der Waals surface area contributed by atoms with Gasteiger partial charge >= 0.3 is 0 Å². The first-order valence-corrected chi connectivity index (χ1v) is 12.4. The molecule has 4 rings (SSSR count). The topological polar surface area (TPSA) is 108 Å². The molecule has 2 fully saturated rings. The van der Waals surface area contributed by atoms with Crippen molar-refractivity contribution in [2.24, 2.45) is 5.92 Å². The zero-order valence-electron chi connectivity index (χ0n) is 18.7. The van der Waals surface area contributed by atoms with E-state index in [4.69, 9.17) is 0 Å². The van der Waals surface area contributed by atoms with Gasteiger partial charge in [0, 0.05) is 25.3 Å². The van der Waals surface area contributed by atoms with Crippen molar-refractivity contribution in [1.29, 1.82) is 0 Å². The number of anilines is 1. The van der Waals surface area contributed by atoms with Crippen LogP contribution in [-0.2, 0) is 4.79 Å². The van der Waals surface area contributed by atoms with Crippen LogP contribution < -0.4 is 10.6 Å². The number of piperidine rings is 1. The first-order valence-electron chi connectivity index (χ1n) is 11.6. The Hall–Kier alpha value is -2.85. The second-order valence-corrected chi connectivity index (χ2v) is 9.49. The Kier molecular flexibility index (Phi) is 8.01. The smallest absolute Gasteiger partial charge is 0.286 e. The lowest BCUT2D eigenvalue weighted by atomic mass is 9.97. The predicted octanol–water partition coefficient (Wildman–Crippen LogP) is 2.24. The maximum atomic E-state index is 12.9. The fourth-order valence-corrected chi connectivity index (χ4v) is 4.99. The van der Waals surface area contributed by atoms with Crippen molar-refractivity contribution in [3.05, 3.63) is 40.3 Å². The Labute approximate surface area is 197 Å². The van der Waals surface area contributed by atoms with Gasteiger partial charge in [0.2, 0.25) is 15.9 Å². The second-order valence-electron chi connectivity index (χ2n) is 8.52. The summed E-state index contributed by atoms with van der Waals surface area (Å²) < 4.78 is 0. The summed E-state index contributed by atoms with van der Waals surface area (Å²) in [6, 6.07) is 9.05. The summed E-state index contributed by atoms with van der Waals surface area (Å²) in [7, 11) is 0. The van der Waals surface area contributed by atoms with Crippen molar-refractivity contribution < 1.29 is 14.4 Å². The molecule has 2 aliphatic heterocycles. The number of carbonyl (C=O) groups excluding carboxylic acids is 3. The number of rotatable bonds is 8. The van der Waals surface area contributed by atoms with Crippen LogP contribution in [0.5, 0.6) is 0 Å². The molecule has 3 amide bonds. The van der Waals surface area contributed by atoms with E-state index in [9.17, 15) is 14.4 Å². The molecule has 0 aliphatic carbocycles. The zero-order valence-corrected chi connectivity index (χ0v) is 19.5. The number of aromatic nitrogens is 2. The summed E-state index contributed by atoms with van der Waals surface area (Å²) in [4.78, 5) is 42.0. The van der Waals surface area contributed by atoms with Gasteiger partial charge in [-0.1, -0.05) is 29.5 Å². The van der Waals surface area contributed by atoms with Gasteiger partial charge in [-0.15, -0.1) is 10.2 Å². The lowest BCUT2D eigenvalue weighted by molar-refractivity contribution is -0.126. The van der Waals surface area contributed by atoms with E-state index in [1.165, 1.54) is 12.8 Å². The van der Waals surface area contributed by atoms with Crippen LogP contribution in [0.3, 0.4) is 0 Å². The average molecular weight is 471 g/mol. The third kappa shape index (κ3) is 6.35. The zero-order chi connectivity index (χ0) is 23.0. The number of amides is 3. The largest absolute Gasteiger partial charge is 0.356 e. The van der Waals surface area contributed by atoms with Gasteiger partial charge in [-0.05, 0) is 63.9 Å². The Balaban J connectivity index is 1.26. The molecule has 1 aromatic heterocycles. The molecule has 10 heteroatoms. The third-order valence-electron chi connectivity index (χ3n) is 6.06. The van der Waals surface area contributed by atoms with E-state index in [1.54, 1.807) is 17.0 Å². The SMILES string of the molecule is O=C(Nc1ccccc1)c1nnc(C(=O)N2CCCC(C(=O)NCCCN3CCCC3)C2)s1. The minimum atomic E-state index is -0.400. The molecule has 2 aromatic rings. The Morgan fingerprint density at radius 2 is 1.76 bits per heavy atom. The highest BCUT2D eigenvalue weighted by Crippen LogP contribution is 2.21. The lowest BCUT2D eigenvalue weighted by Crippen LogP contribution is -2.45. The van der Waals surface area contributed by atoms with Crippen LogP contribution >= 0.6 is 11.3 Å². The Morgan fingerprint density at radius 1 is 1.00 bits per heavy atom. The number of benzene rings is 1. The van der Waals surface area contributed by atoms with Crippen molar-refractivity contribution in [2.45, 2.75) is 32.1 Å². The first-order chi connectivity index (χ1) is 16.1. The van der Waals surface area contributed by atoms with Crippen LogP contribution in [0.1, 0.15) is 51.7 Å². The fourth-order valence-electron chi connectivity index (χ4n) is 4.28. The molecule has 2 N–H and O–H groups in total. The molecular formula is C23H30N6O3S. The van der Waals surface area contributed by atoms with Gasteiger partial charge in [0.05, 0.1) is 5.92 Å². The minimum Gasteiger partial charge on any atom is -0.356 e. The van der Waals surface area contributed by atoms with Gasteiger partial charge in [0.15, 0.2) is 0 Å². The van der Waals surface area contributed by atoms with E-state index in [-0.39, 0.29) is 27.7 Å². The number of nitrogens with one attached hydrogen (secondary N) is 2. The standard InChI is InChI=1S/C23H30N6O3S/c30-19(24-11-7-14-28-12-4-5-13-28)17-8-6-15-29(16-17)23(32)22-27-26-21(33-22)20(31)25-18-9-2-1-3-10-18/h1-3,9-10,17H,4-8,11-16H2,(H,24,30)(H,25,31). The summed E-state index contributed by atoms with van der Waals surface area (Å²) >= 11 is 0.970. The van der Waals surface area contributed by atoms with E-state index in [2.05, 4.69) is 25.7 Å². The van der Waals surface area contributed by atoms with Gasteiger partial charge in [-0.2, -0.15) is 0 Å². The third-order valence-corrected chi connectivity index (χ3v) is 6.97. The van der Waals surface area contributed by atoms with E-state index in [0.717, 1.165) is 50.2 Å². The molecule has 176 valence electrons. The van der Waals surface area contributed by atoms with E-state index in [1.807, 2.05) is 18.2 Å². The number of nitrogens with zero attached hydrogens (tertiary/aromatic N) is 4. The van der Waals surface area contributed by atoms with E-state index in [0.29, 0.717) is 25.3 Å². The number of carbonyl (C=O) groups is 3. The summed E-state index contributed by atoms with van der Waals surface area (Å²) in [5, 5.41) is 13.9. The number of hydrogen-bond donors (Lipinski definition) is 2. The second kappa shape index (κ2) is 11.3. The first kappa shape index (κ1) is 23.3. The molecule has 0 radical (unpaired) electrons. The molecule has 1 atom stereocenters. The highest BCUT2D eigenvalue weighted by atomic mass is 32.1. The van der Waals surface area contributed by atoms with Crippen molar-refractivity contribution in [1.82, 2.24) is 25.3 Å². The molecule has 0 spiro atoms. The lowest BCUT2D eigenvalue weighted by Gasteiger charge is -2.31. The molecule has 0 saturated carbocycles. The number of likely N-dealkylation sites (tertiary alicyclic amines) is 2. The van der Waals surface area contributed by atoms with Gasteiger partial charge in [0.1, 0.15) is 0 Å². The van der Waals surface area contributed by atoms with Crippen molar-refractivity contribution >= 4 is 34.7 Å². The average Bonchev–Trinajstić information content (AvgIpc) is 3.54. The van der Waals surface area contributed by atoms with Crippen LogP contribution in [0, 0.1) is 5.92 Å². The number of hydrogen-bond acceptors (Lipinski definition) is 7. The summed E-state index contributed by atoms with van der Waals surface area (Å²) in [5.41, 5.74) is 0.649. The van der Waals surface area contributed by atoms with E-state index < -0.39 is 5.91 Å². The number of para-hydroxylation sites is 1. The van der Waals surface area contributed by atoms with Crippen LogP contribution in [0.2, 0.25) is 0 Å². The van der Waals surface area contributed by atoms with Crippen LogP contribution in [0.15, 0.2) is 30.3 Å². The highest BCUT2D eigenvalue weighted by molar-refractivity contribution is 7.15. The molecule has 1 aromatic carbocycles. The summed E-state index contributed by atoms with van der Waals surface area (Å²) in [6.07, 6.45) is 5.01. The molecule has 1 unspecified atom stereocenters. The molecule has 9 nitrogen and oxygen atoms in total. The highest BCUT2D eigenvalue weighted by Gasteiger charge is 2.30. The van der Waals surface area contributed by atoms with Crippen LogP contribution in [-0.4, -0.2) is 77.0 Å². The molecule has 33 heavy (non-hydrogen) atoms. The van der Waals surface area contributed by atoms with Crippen molar-refractivity contribution in [3.8, 4) is 0 Å². The van der Waals surface area contributed by atoms with Gasteiger partial charge in [-0.25, -0.2) is 0 Å². The molecular weight excluding hydrogens is 440 g/mol. The quantitative estimate of drug-likeness (QED) is 0.573. The normalized spacial score (nSPS) is 18.8. The summed E-state index contributed by atoms with van der Waals surface area (Å²) in [6.45, 7) is 4.94. The molecule has 2 aliphatic rings. The minimum absolute atomic E-state index is 0.00844. The monoisotopic (exact) mass is 470 g/mol. The maximum Gasteiger partial charge on any atom is 0.286 e. The van der Waals surface area contributed by atoms with E-state index >= 15 is 0 Å². The van der Waals surface area contributed by atoms with Crippen molar-refractivity contribution in [3.63, 3.8) is 0 Å². The maximum absolute atomic E-state index is 12.9. The Morgan fingerprint density at radius 3 is 2.55 bits per heavy atom. The molecule has 2 saturated heterocycles. The predicted molar refractivity (Wildman–Crippen MR) is 126 cm³/mol. The van der Waals surface area contributed by atoms with Crippen LogP contribution in [0.4, 0.5) is 5.69 Å². The van der Waals surface area contributed by atoms with Gasteiger partial charge in [0.25, 0.3) is 11.8 Å². The van der Waals surface area contributed by atoms with Crippen molar-refractivity contribution in [2.75, 3.05) is 44.6 Å². The van der Waals surface area contributed by atoms with Crippen LogP contribution in [0.25, 0.3) is 0 Å². The van der Waals surface area contributed by atoms with Gasteiger partial charge in [-0.3, -0.25) is 14.4 Å². The Bertz CT molecular complexity index is 960. The molecule has 3 heterocycles.